The first-order valence-corrected chi connectivity index (χ1v) is 10.3. The number of nitrogens with one attached hydrogen (secondary N) is 1. The summed E-state index contributed by atoms with van der Waals surface area (Å²) in [4.78, 5) is 37.8. The van der Waals surface area contributed by atoms with Gasteiger partial charge >= 0.3 is 5.97 Å². The number of carbonyl (C=O) groups is 3. The van der Waals surface area contributed by atoms with Crippen LogP contribution in [0.3, 0.4) is 0 Å². The number of carboxylic acids is 1. The van der Waals surface area contributed by atoms with Gasteiger partial charge < -0.3 is 30.9 Å². The number of aliphatic hydroxyl groups is 1. The Bertz CT molecular complexity index is 709. The molecule has 0 aliphatic carbocycles. The van der Waals surface area contributed by atoms with Gasteiger partial charge in [0.25, 0.3) is 0 Å². The molecule has 2 saturated heterocycles. The van der Waals surface area contributed by atoms with Gasteiger partial charge in [-0.1, -0.05) is 6.92 Å². The van der Waals surface area contributed by atoms with E-state index in [0.717, 1.165) is 0 Å². The quantitative estimate of drug-likeness (QED) is 0.409. The number of β-lactam (4-membered cyclic amide) rings is 1. The lowest BCUT2D eigenvalue weighted by atomic mass is 9.79. The number of nitrogens with two attached hydrogens (primary N) is 1. The zero-order valence-corrected chi connectivity index (χ0v) is 16.9. The van der Waals surface area contributed by atoms with Gasteiger partial charge in [-0.3, -0.25) is 9.59 Å². The monoisotopic (exact) mass is 413 g/mol. The minimum absolute atomic E-state index is 0.0260. The standard InChI is InChI=1S/C18H27N3O6S/c1-7-13-12(9(3)22)17(24)21(13)14(18(25)26)15(7)28-11-4-10(27-6-11)5-20-16(23)8(2)19/h7-13,22H,4-6,19H2,1-3H3,(H,20,23)(H,25,26)/t7-,8+,9-,10?,11?,12-,13-/m1/s1. The molecule has 3 aliphatic rings. The average molecular weight is 413 g/mol. The molecule has 0 aromatic rings. The van der Waals surface area contributed by atoms with E-state index in [2.05, 4.69) is 5.32 Å². The number of hydrogen-bond donors (Lipinski definition) is 4. The summed E-state index contributed by atoms with van der Waals surface area (Å²) in [5.74, 6) is -2.44. The Morgan fingerprint density at radius 3 is 2.68 bits per heavy atom. The summed E-state index contributed by atoms with van der Waals surface area (Å²) in [5.41, 5.74) is 5.55. The molecule has 2 amide bonds. The smallest absolute Gasteiger partial charge is 0.353 e. The normalized spacial score (nSPS) is 34.1. The largest absolute Gasteiger partial charge is 0.477 e. The molecule has 0 bridgehead atoms. The van der Waals surface area contributed by atoms with Crippen molar-refractivity contribution in [1.29, 1.82) is 0 Å². The molecule has 0 saturated carbocycles. The van der Waals surface area contributed by atoms with E-state index in [0.29, 0.717) is 24.5 Å². The third kappa shape index (κ3) is 3.66. The molecule has 0 aromatic heterocycles. The van der Waals surface area contributed by atoms with Gasteiger partial charge in [0, 0.05) is 22.6 Å². The lowest BCUT2D eigenvalue weighted by Crippen LogP contribution is -2.63. The first-order valence-electron chi connectivity index (χ1n) is 9.43. The molecular formula is C18H27N3O6S. The zero-order chi connectivity index (χ0) is 20.7. The van der Waals surface area contributed by atoms with E-state index in [-0.39, 0.29) is 40.8 Å². The van der Waals surface area contributed by atoms with Crippen molar-refractivity contribution in [3.05, 3.63) is 10.6 Å². The molecular weight excluding hydrogens is 386 g/mol. The van der Waals surface area contributed by atoms with Gasteiger partial charge in [-0.25, -0.2) is 4.79 Å². The number of fused-ring (bicyclic) bond motifs is 1. The third-order valence-corrected chi connectivity index (χ3v) is 7.05. The van der Waals surface area contributed by atoms with Crippen LogP contribution in [-0.2, 0) is 19.1 Å². The highest BCUT2D eigenvalue weighted by Gasteiger charge is 2.60. The summed E-state index contributed by atoms with van der Waals surface area (Å²) < 4.78 is 5.72. The summed E-state index contributed by atoms with van der Waals surface area (Å²) in [7, 11) is 0. The SMILES string of the molecule is C[C@H](N)C(=O)NCC1CC(SC2=C(C(=O)O)N3C(=O)[C@H]([C@@H](C)O)[C@H]3[C@H]2C)CO1. The number of rotatable bonds is 7. The Hall–Kier alpha value is -1.62. The van der Waals surface area contributed by atoms with Crippen LogP contribution in [0.15, 0.2) is 10.6 Å². The molecule has 3 rings (SSSR count). The first-order chi connectivity index (χ1) is 13.1. The van der Waals surface area contributed by atoms with E-state index in [1.54, 1.807) is 13.8 Å². The first kappa shape index (κ1) is 21.1. The Morgan fingerprint density at radius 2 is 2.11 bits per heavy atom. The maximum atomic E-state index is 12.4. The molecule has 9 nitrogen and oxygen atoms in total. The highest BCUT2D eigenvalue weighted by molar-refractivity contribution is 8.03. The van der Waals surface area contributed by atoms with E-state index in [1.165, 1.54) is 16.7 Å². The van der Waals surface area contributed by atoms with E-state index in [4.69, 9.17) is 10.5 Å². The van der Waals surface area contributed by atoms with Crippen LogP contribution in [-0.4, -0.2) is 75.6 Å². The molecule has 2 unspecified atom stereocenters. The second-order valence-electron chi connectivity index (χ2n) is 7.74. The minimum atomic E-state index is -1.13. The molecule has 0 radical (unpaired) electrons. The fraction of sp³-hybridized carbons (Fsp3) is 0.722. The van der Waals surface area contributed by atoms with Crippen LogP contribution >= 0.6 is 11.8 Å². The topological polar surface area (TPSA) is 142 Å². The number of nitrogens with zero attached hydrogens (tertiary/aromatic N) is 1. The van der Waals surface area contributed by atoms with Crippen molar-refractivity contribution in [3.8, 4) is 0 Å². The molecule has 3 heterocycles. The van der Waals surface area contributed by atoms with Crippen LogP contribution in [0.1, 0.15) is 27.2 Å². The van der Waals surface area contributed by atoms with E-state index >= 15 is 0 Å². The van der Waals surface area contributed by atoms with Crippen LogP contribution in [0.5, 0.6) is 0 Å². The van der Waals surface area contributed by atoms with Crippen molar-refractivity contribution in [2.75, 3.05) is 13.2 Å². The van der Waals surface area contributed by atoms with Crippen molar-refractivity contribution in [2.45, 2.75) is 56.7 Å². The molecule has 0 aromatic carbocycles. The summed E-state index contributed by atoms with van der Waals surface area (Å²) in [6.07, 6.45) is -0.316. The van der Waals surface area contributed by atoms with E-state index in [1.807, 2.05) is 6.92 Å². The molecule has 3 aliphatic heterocycles. The van der Waals surface area contributed by atoms with Crippen molar-refractivity contribution < 1.29 is 29.3 Å². The molecule has 10 heteroatoms. The number of carbonyl (C=O) groups excluding carboxylic acids is 2. The Labute approximate surface area is 167 Å². The summed E-state index contributed by atoms with van der Waals surface area (Å²) >= 11 is 1.43. The number of hydrogen-bond acceptors (Lipinski definition) is 7. The highest BCUT2D eigenvalue weighted by atomic mass is 32.2. The second kappa shape index (κ2) is 8.02. The predicted molar refractivity (Wildman–Crippen MR) is 102 cm³/mol. The van der Waals surface area contributed by atoms with Gasteiger partial charge in [-0.05, 0) is 20.3 Å². The Balaban J connectivity index is 1.66. The van der Waals surface area contributed by atoms with Crippen molar-refractivity contribution in [2.24, 2.45) is 17.6 Å². The highest BCUT2D eigenvalue weighted by Crippen LogP contribution is 2.52. The number of ether oxygens (including phenoxy) is 1. The molecule has 2 fully saturated rings. The van der Waals surface area contributed by atoms with Crippen LogP contribution < -0.4 is 11.1 Å². The Kier molecular flexibility index (Phi) is 6.04. The van der Waals surface area contributed by atoms with E-state index in [9.17, 15) is 24.6 Å². The zero-order valence-electron chi connectivity index (χ0n) is 16.1. The maximum absolute atomic E-state index is 12.4. The summed E-state index contributed by atoms with van der Waals surface area (Å²) in [6.45, 7) is 5.86. The Morgan fingerprint density at radius 1 is 1.43 bits per heavy atom. The van der Waals surface area contributed by atoms with Gasteiger partial charge in [0.05, 0.1) is 36.8 Å². The number of aliphatic hydroxyl groups excluding tert-OH is 1. The molecule has 156 valence electrons. The predicted octanol–water partition coefficient (Wildman–Crippen LogP) is -0.506. The molecule has 0 spiro atoms. The van der Waals surface area contributed by atoms with Gasteiger partial charge in [0.2, 0.25) is 11.8 Å². The van der Waals surface area contributed by atoms with Crippen molar-refractivity contribution in [1.82, 2.24) is 10.2 Å². The fourth-order valence-corrected chi connectivity index (χ4v) is 5.60. The number of thioether (sulfide) groups is 1. The second-order valence-corrected chi connectivity index (χ2v) is 9.08. The lowest BCUT2D eigenvalue weighted by molar-refractivity contribution is -0.163. The maximum Gasteiger partial charge on any atom is 0.353 e. The van der Waals surface area contributed by atoms with Crippen LogP contribution in [0.2, 0.25) is 0 Å². The van der Waals surface area contributed by atoms with Gasteiger partial charge in [-0.2, -0.15) is 0 Å². The van der Waals surface area contributed by atoms with Gasteiger partial charge in [0.15, 0.2) is 0 Å². The number of aliphatic carboxylic acids is 1. The minimum Gasteiger partial charge on any atom is -0.477 e. The van der Waals surface area contributed by atoms with Crippen LogP contribution in [0.25, 0.3) is 0 Å². The fourth-order valence-electron chi connectivity index (χ4n) is 4.13. The van der Waals surface area contributed by atoms with Crippen molar-refractivity contribution in [3.63, 3.8) is 0 Å². The molecule has 7 atom stereocenters. The number of carboxylic acid groups (broad SMARTS) is 1. The van der Waals surface area contributed by atoms with Crippen LogP contribution in [0, 0.1) is 11.8 Å². The summed E-state index contributed by atoms with van der Waals surface area (Å²) in [6, 6.07) is -0.900. The third-order valence-electron chi connectivity index (χ3n) is 5.57. The van der Waals surface area contributed by atoms with Crippen LogP contribution in [0.4, 0.5) is 0 Å². The summed E-state index contributed by atoms with van der Waals surface area (Å²) in [5, 5.41) is 22.3. The number of amides is 2. The van der Waals surface area contributed by atoms with Crippen molar-refractivity contribution >= 4 is 29.5 Å². The van der Waals surface area contributed by atoms with E-state index < -0.39 is 24.0 Å². The average Bonchev–Trinajstić information content (AvgIpc) is 3.14. The van der Waals surface area contributed by atoms with Gasteiger partial charge in [-0.15, -0.1) is 11.8 Å². The molecule has 5 N–H and O–H groups in total. The lowest BCUT2D eigenvalue weighted by Gasteiger charge is -2.46. The molecule has 28 heavy (non-hydrogen) atoms. The van der Waals surface area contributed by atoms with Gasteiger partial charge in [0.1, 0.15) is 5.70 Å².